The van der Waals surface area contributed by atoms with E-state index < -0.39 is 0 Å². The average Bonchev–Trinajstić information content (AvgIpc) is 2.89. The van der Waals surface area contributed by atoms with Crippen LogP contribution < -0.4 is 4.74 Å². The van der Waals surface area contributed by atoms with E-state index >= 15 is 0 Å². The van der Waals surface area contributed by atoms with Crippen molar-refractivity contribution in [2.24, 2.45) is 10.8 Å². The van der Waals surface area contributed by atoms with Crippen LogP contribution in [0.4, 0.5) is 0 Å². The van der Waals surface area contributed by atoms with Gasteiger partial charge in [-0.25, -0.2) is 4.98 Å². The third-order valence-electron chi connectivity index (χ3n) is 6.41. The lowest BCUT2D eigenvalue weighted by atomic mass is 9.65. The van der Waals surface area contributed by atoms with Crippen molar-refractivity contribution in [3.63, 3.8) is 0 Å². The maximum atomic E-state index is 13.3. The molecule has 154 valence electrons. The van der Waals surface area contributed by atoms with Gasteiger partial charge in [-0.15, -0.1) is 0 Å². The molecule has 1 aromatic heterocycles. The Morgan fingerprint density at radius 1 is 1.17 bits per heavy atom. The number of rotatable bonds is 4. The molecule has 1 amide bonds. The molecule has 0 spiro atoms. The van der Waals surface area contributed by atoms with Crippen molar-refractivity contribution in [3.8, 4) is 5.75 Å². The summed E-state index contributed by atoms with van der Waals surface area (Å²) in [7, 11) is 0. The summed E-state index contributed by atoms with van der Waals surface area (Å²) in [6.07, 6.45) is 3.36. The Balaban J connectivity index is 1.48. The zero-order chi connectivity index (χ0) is 20.8. The highest BCUT2D eigenvalue weighted by molar-refractivity contribution is 5.92. The van der Waals surface area contributed by atoms with Crippen LogP contribution in [-0.4, -0.2) is 28.4 Å². The van der Waals surface area contributed by atoms with E-state index in [4.69, 9.17) is 4.74 Å². The Bertz CT molecular complexity index is 936. The molecule has 0 unspecified atom stereocenters. The smallest absolute Gasteiger partial charge is 0.272 e. The first-order valence-corrected chi connectivity index (χ1v) is 10.6. The topological polar surface area (TPSA) is 42.4 Å². The third kappa shape index (κ3) is 4.17. The number of pyridine rings is 1. The molecule has 2 fully saturated rings. The summed E-state index contributed by atoms with van der Waals surface area (Å²) >= 11 is 0. The molecule has 2 atom stereocenters. The van der Waals surface area contributed by atoms with Crippen molar-refractivity contribution in [1.82, 2.24) is 9.88 Å². The zero-order valence-corrected chi connectivity index (χ0v) is 18.3. The first-order chi connectivity index (χ1) is 13.6. The van der Waals surface area contributed by atoms with Gasteiger partial charge in [-0.3, -0.25) is 4.79 Å². The van der Waals surface area contributed by atoms with E-state index in [1.807, 2.05) is 37.3 Å². The van der Waals surface area contributed by atoms with Crippen LogP contribution in [0.3, 0.4) is 0 Å². The van der Waals surface area contributed by atoms with E-state index in [2.05, 4.69) is 43.6 Å². The SMILES string of the molecule is Cc1ccc(OCc2cccc(C(=O)N3C[C@]4(C)C[C@H]3CC(C)(C)C4)n2)c(C)c1. The van der Waals surface area contributed by atoms with Gasteiger partial charge in [0.15, 0.2) is 0 Å². The number of nitrogens with zero attached hydrogens (tertiary/aromatic N) is 2. The van der Waals surface area contributed by atoms with Crippen molar-refractivity contribution in [2.45, 2.75) is 66.5 Å². The summed E-state index contributed by atoms with van der Waals surface area (Å²) in [6.45, 7) is 12.3. The molecule has 29 heavy (non-hydrogen) atoms. The van der Waals surface area contributed by atoms with E-state index in [0.29, 0.717) is 23.8 Å². The molecule has 4 heteroatoms. The summed E-state index contributed by atoms with van der Waals surface area (Å²) in [6, 6.07) is 12.1. The highest BCUT2D eigenvalue weighted by atomic mass is 16.5. The van der Waals surface area contributed by atoms with Gasteiger partial charge in [-0.05, 0) is 67.7 Å². The maximum absolute atomic E-state index is 13.3. The highest BCUT2D eigenvalue weighted by Crippen LogP contribution is 2.52. The van der Waals surface area contributed by atoms with Crippen LogP contribution in [0.15, 0.2) is 36.4 Å². The van der Waals surface area contributed by atoms with E-state index in [-0.39, 0.29) is 11.3 Å². The standard InChI is InChI=1S/C25H32N2O2/c1-17-9-10-22(18(2)11-17)29-14-19-7-6-8-21(26-19)23(28)27-16-25(5)13-20(27)12-24(3,4)15-25/h6-11,20H,12-16H2,1-5H3/t20-,25-/m1/s1. The number of carbonyl (C=O) groups is 1. The van der Waals surface area contributed by atoms with Gasteiger partial charge in [0.1, 0.15) is 18.1 Å². The number of benzene rings is 1. The van der Waals surface area contributed by atoms with E-state index in [1.54, 1.807) is 0 Å². The minimum atomic E-state index is 0.0600. The minimum absolute atomic E-state index is 0.0600. The quantitative estimate of drug-likeness (QED) is 0.707. The van der Waals surface area contributed by atoms with Crippen LogP contribution >= 0.6 is 0 Å². The fourth-order valence-electron chi connectivity index (χ4n) is 5.64. The van der Waals surface area contributed by atoms with Gasteiger partial charge >= 0.3 is 0 Å². The van der Waals surface area contributed by atoms with Crippen molar-refractivity contribution in [3.05, 3.63) is 58.9 Å². The molecule has 2 aromatic rings. The zero-order valence-electron chi connectivity index (χ0n) is 18.3. The lowest BCUT2D eigenvalue weighted by molar-refractivity contribution is 0.0702. The molecule has 1 aliphatic carbocycles. The number of ether oxygens (including phenoxy) is 1. The Morgan fingerprint density at radius 3 is 2.72 bits per heavy atom. The molecule has 1 saturated carbocycles. The summed E-state index contributed by atoms with van der Waals surface area (Å²) < 4.78 is 5.96. The fourth-order valence-corrected chi connectivity index (χ4v) is 5.64. The van der Waals surface area contributed by atoms with E-state index in [0.717, 1.165) is 36.4 Å². The van der Waals surface area contributed by atoms with E-state index in [1.165, 1.54) is 12.0 Å². The molecule has 0 N–H and O–H groups in total. The Labute approximate surface area is 174 Å². The summed E-state index contributed by atoms with van der Waals surface area (Å²) in [5, 5.41) is 0. The summed E-state index contributed by atoms with van der Waals surface area (Å²) in [5.41, 5.74) is 4.16. The fraction of sp³-hybridized carbons (Fsp3) is 0.520. The molecule has 2 heterocycles. The van der Waals surface area contributed by atoms with Crippen LogP contribution in [-0.2, 0) is 6.61 Å². The number of likely N-dealkylation sites (tertiary alicyclic amines) is 1. The predicted octanol–water partition coefficient (Wildman–Crippen LogP) is 5.32. The number of carbonyl (C=O) groups excluding carboxylic acids is 1. The maximum Gasteiger partial charge on any atom is 0.272 e. The first kappa shape index (κ1) is 19.9. The van der Waals surface area contributed by atoms with Gasteiger partial charge in [0.25, 0.3) is 5.91 Å². The number of aryl methyl sites for hydroxylation is 2. The molecule has 2 bridgehead atoms. The lowest BCUT2D eigenvalue weighted by Gasteiger charge is -2.39. The second-order valence-electron chi connectivity index (χ2n) is 10.2. The van der Waals surface area contributed by atoms with Crippen LogP contribution in [0.2, 0.25) is 0 Å². The Morgan fingerprint density at radius 2 is 1.97 bits per heavy atom. The summed E-state index contributed by atoms with van der Waals surface area (Å²) in [5.74, 6) is 0.919. The van der Waals surface area contributed by atoms with Crippen molar-refractivity contribution in [2.75, 3.05) is 6.54 Å². The van der Waals surface area contributed by atoms with Gasteiger partial charge in [-0.1, -0.05) is 44.5 Å². The molecular formula is C25H32N2O2. The number of hydrogen-bond acceptors (Lipinski definition) is 3. The number of amides is 1. The van der Waals surface area contributed by atoms with Gasteiger partial charge in [-0.2, -0.15) is 0 Å². The first-order valence-electron chi connectivity index (χ1n) is 10.6. The molecule has 1 aliphatic heterocycles. The van der Waals surface area contributed by atoms with Crippen molar-refractivity contribution >= 4 is 5.91 Å². The van der Waals surface area contributed by atoms with E-state index in [9.17, 15) is 4.79 Å². The Hall–Kier alpha value is -2.36. The monoisotopic (exact) mass is 392 g/mol. The molecule has 4 nitrogen and oxygen atoms in total. The number of fused-ring (bicyclic) bond motifs is 2. The molecule has 0 radical (unpaired) electrons. The Kier molecular flexibility index (Phi) is 4.92. The van der Waals surface area contributed by atoms with Gasteiger partial charge in [0.05, 0.1) is 5.69 Å². The predicted molar refractivity (Wildman–Crippen MR) is 115 cm³/mol. The largest absolute Gasteiger partial charge is 0.487 e. The molecule has 2 aliphatic rings. The van der Waals surface area contributed by atoms with Crippen LogP contribution in [0, 0.1) is 24.7 Å². The summed E-state index contributed by atoms with van der Waals surface area (Å²) in [4.78, 5) is 20.0. The molecular weight excluding hydrogens is 360 g/mol. The van der Waals surface area contributed by atoms with Crippen LogP contribution in [0.25, 0.3) is 0 Å². The minimum Gasteiger partial charge on any atom is -0.487 e. The van der Waals surface area contributed by atoms with Crippen molar-refractivity contribution in [1.29, 1.82) is 0 Å². The highest BCUT2D eigenvalue weighted by Gasteiger charge is 2.51. The van der Waals surface area contributed by atoms with Crippen molar-refractivity contribution < 1.29 is 9.53 Å². The molecule has 1 saturated heterocycles. The van der Waals surface area contributed by atoms with Crippen LogP contribution in [0.5, 0.6) is 5.75 Å². The molecule has 4 rings (SSSR count). The van der Waals surface area contributed by atoms with Gasteiger partial charge in [0.2, 0.25) is 0 Å². The van der Waals surface area contributed by atoms with Gasteiger partial charge < -0.3 is 9.64 Å². The second-order valence-corrected chi connectivity index (χ2v) is 10.2. The van der Waals surface area contributed by atoms with Crippen LogP contribution in [0.1, 0.15) is 67.3 Å². The number of hydrogen-bond donors (Lipinski definition) is 0. The average molecular weight is 393 g/mol. The number of aromatic nitrogens is 1. The van der Waals surface area contributed by atoms with Gasteiger partial charge in [0, 0.05) is 12.6 Å². The lowest BCUT2D eigenvalue weighted by Crippen LogP contribution is -2.38. The normalized spacial score (nSPS) is 25.1. The molecule has 1 aromatic carbocycles. The second kappa shape index (κ2) is 7.16. The third-order valence-corrected chi connectivity index (χ3v) is 6.41.